The number of nitrogens with zero attached hydrogens (tertiary/aromatic N) is 2. The van der Waals surface area contributed by atoms with Gasteiger partial charge in [0.2, 0.25) is 5.91 Å². The third-order valence-corrected chi connectivity index (χ3v) is 5.74. The van der Waals surface area contributed by atoms with E-state index in [-0.39, 0.29) is 17.9 Å². The van der Waals surface area contributed by atoms with E-state index in [9.17, 15) is 9.59 Å². The lowest BCUT2D eigenvalue weighted by molar-refractivity contribution is -0.123. The Morgan fingerprint density at radius 2 is 1.96 bits per heavy atom. The number of thiophene rings is 1. The lowest BCUT2D eigenvalue weighted by Crippen LogP contribution is -2.51. The van der Waals surface area contributed by atoms with Crippen LogP contribution in [0.2, 0.25) is 5.02 Å². The minimum atomic E-state index is -0.0112. The molecule has 1 aliphatic heterocycles. The molecule has 0 saturated carbocycles. The fraction of sp³-hybridized carbons (Fsp3) is 0.368. The van der Waals surface area contributed by atoms with Crippen molar-refractivity contribution in [1.82, 2.24) is 15.1 Å². The molecule has 2 aromatic rings. The van der Waals surface area contributed by atoms with Crippen LogP contribution in [0.4, 0.5) is 0 Å². The SMILES string of the molecule is CC(NC(=O)CN1CCN(C(=O)c2cccc(Cl)c2)CC1)c1cccs1. The molecule has 0 spiro atoms. The van der Waals surface area contributed by atoms with Crippen LogP contribution in [-0.2, 0) is 4.79 Å². The number of amides is 2. The molecular formula is C19H22ClN3O2S. The third-order valence-electron chi connectivity index (χ3n) is 4.45. The van der Waals surface area contributed by atoms with Gasteiger partial charge in [0.15, 0.2) is 0 Å². The summed E-state index contributed by atoms with van der Waals surface area (Å²) < 4.78 is 0. The van der Waals surface area contributed by atoms with Crippen LogP contribution in [0.25, 0.3) is 0 Å². The molecule has 5 nitrogen and oxygen atoms in total. The van der Waals surface area contributed by atoms with E-state index in [4.69, 9.17) is 11.6 Å². The Bertz CT molecular complexity index is 758. The quantitative estimate of drug-likeness (QED) is 0.852. The smallest absolute Gasteiger partial charge is 0.253 e. The van der Waals surface area contributed by atoms with Gasteiger partial charge < -0.3 is 10.2 Å². The predicted molar refractivity (Wildman–Crippen MR) is 105 cm³/mol. The maximum absolute atomic E-state index is 12.5. The topological polar surface area (TPSA) is 52.7 Å². The van der Waals surface area contributed by atoms with Crippen molar-refractivity contribution in [2.24, 2.45) is 0 Å². The molecule has 0 aliphatic carbocycles. The number of halogens is 1. The first-order valence-electron chi connectivity index (χ1n) is 8.63. The van der Waals surface area contributed by atoms with E-state index >= 15 is 0 Å². The van der Waals surface area contributed by atoms with Gasteiger partial charge in [0.1, 0.15) is 0 Å². The molecule has 1 aromatic heterocycles. The van der Waals surface area contributed by atoms with Gasteiger partial charge in [-0.2, -0.15) is 0 Å². The van der Waals surface area contributed by atoms with Gasteiger partial charge in [-0.1, -0.05) is 23.7 Å². The van der Waals surface area contributed by atoms with E-state index in [2.05, 4.69) is 10.2 Å². The van der Waals surface area contributed by atoms with Crippen LogP contribution in [0.15, 0.2) is 41.8 Å². The maximum atomic E-state index is 12.5. The number of nitrogens with one attached hydrogen (secondary N) is 1. The normalized spacial score (nSPS) is 16.3. The summed E-state index contributed by atoms with van der Waals surface area (Å²) in [4.78, 5) is 29.8. The Hall–Kier alpha value is -1.89. The van der Waals surface area contributed by atoms with Crippen molar-refractivity contribution < 1.29 is 9.59 Å². The van der Waals surface area contributed by atoms with Crippen molar-refractivity contribution in [2.75, 3.05) is 32.7 Å². The third kappa shape index (κ3) is 4.84. The molecule has 1 fully saturated rings. The number of carbonyl (C=O) groups excluding carboxylic acids is 2. The lowest BCUT2D eigenvalue weighted by atomic mass is 10.2. The fourth-order valence-electron chi connectivity index (χ4n) is 3.01. The molecule has 1 atom stereocenters. The van der Waals surface area contributed by atoms with Crippen LogP contribution in [0, 0.1) is 0 Å². The summed E-state index contributed by atoms with van der Waals surface area (Å²) in [5.74, 6) is 0.00318. The lowest BCUT2D eigenvalue weighted by Gasteiger charge is -2.34. The largest absolute Gasteiger partial charge is 0.348 e. The molecule has 1 aromatic carbocycles. The van der Waals surface area contributed by atoms with Crippen molar-refractivity contribution in [2.45, 2.75) is 13.0 Å². The minimum absolute atomic E-state index is 0.0112. The van der Waals surface area contributed by atoms with E-state index in [0.717, 1.165) is 4.88 Å². The van der Waals surface area contributed by atoms with E-state index < -0.39 is 0 Å². The van der Waals surface area contributed by atoms with E-state index in [1.165, 1.54) is 0 Å². The van der Waals surface area contributed by atoms with Crippen LogP contribution >= 0.6 is 22.9 Å². The number of carbonyl (C=O) groups is 2. The predicted octanol–water partition coefficient (Wildman–Crippen LogP) is 3.04. The van der Waals surface area contributed by atoms with Gasteiger partial charge in [-0.3, -0.25) is 14.5 Å². The van der Waals surface area contributed by atoms with Crippen molar-refractivity contribution in [3.05, 3.63) is 57.2 Å². The Balaban J connectivity index is 1.46. The van der Waals surface area contributed by atoms with Gasteiger partial charge in [-0.05, 0) is 36.6 Å². The Morgan fingerprint density at radius 1 is 1.19 bits per heavy atom. The summed E-state index contributed by atoms with van der Waals surface area (Å²) in [7, 11) is 0. The summed E-state index contributed by atoms with van der Waals surface area (Å²) in [6, 6.07) is 11.0. The zero-order valence-electron chi connectivity index (χ0n) is 14.7. The van der Waals surface area contributed by atoms with Gasteiger partial charge in [0.25, 0.3) is 5.91 Å². The number of rotatable bonds is 5. The van der Waals surface area contributed by atoms with E-state index in [1.54, 1.807) is 35.6 Å². The molecule has 3 rings (SSSR count). The summed E-state index contributed by atoms with van der Waals surface area (Å²) >= 11 is 7.60. The van der Waals surface area contributed by atoms with Crippen molar-refractivity contribution in [3.63, 3.8) is 0 Å². The Morgan fingerprint density at radius 3 is 2.62 bits per heavy atom. The monoisotopic (exact) mass is 391 g/mol. The molecule has 2 heterocycles. The maximum Gasteiger partial charge on any atom is 0.253 e. The van der Waals surface area contributed by atoms with Gasteiger partial charge in [-0.15, -0.1) is 11.3 Å². The average Bonchev–Trinajstić information content (AvgIpc) is 3.16. The molecule has 26 heavy (non-hydrogen) atoms. The number of benzene rings is 1. The van der Waals surface area contributed by atoms with Crippen molar-refractivity contribution in [3.8, 4) is 0 Å². The number of piperazine rings is 1. The minimum Gasteiger partial charge on any atom is -0.348 e. The second-order valence-corrected chi connectivity index (χ2v) is 7.80. The second-order valence-electron chi connectivity index (χ2n) is 6.38. The first kappa shape index (κ1) is 18.9. The average molecular weight is 392 g/mol. The molecule has 1 unspecified atom stereocenters. The second kappa shape index (κ2) is 8.66. The van der Waals surface area contributed by atoms with Gasteiger partial charge >= 0.3 is 0 Å². The van der Waals surface area contributed by atoms with Gasteiger partial charge in [0, 0.05) is 41.6 Å². The zero-order chi connectivity index (χ0) is 18.5. The Kier molecular flexibility index (Phi) is 6.29. The first-order chi connectivity index (χ1) is 12.5. The van der Waals surface area contributed by atoms with Crippen molar-refractivity contribution in [1.29, 1.82) is 0 Å². The molecule has 1 N–H and O–H groups in total. The Labute approximate surface area is 162 Å². The van der Waals surface area contributed by atoms with Crippen molar-refractivity contribution >= 4 is 34.8 Å². The highest BCUT2D eigenvalue weighted by Gasteiger charge is 2.23. The summed E-state index contributed by atoms with van der Waals surface area (Å²) in [5.41, 5.74) is 0.605. The van der Waals surface area contributed by atoms with Crippen LogP contribution in [0.3, 0.4) is 0 Å². The number of hydrogen-bond donors (Lipinski definition) is 1. The van der Waals surface area contributed by atoms with Gasteiger partial charge in [-0.25, -0.2) is 0 Å². The zero-order valence-corrected chi connectivity index (χ0v) is 16.2. The molecular weight excluding hydrogens is 370 g/mol. The molecule has 0 bridgehead atoms. The first-order valence-corrected chi connectivity index (χ1v) is 9.88. The molecule has 1 aliphatic rings. The summed E-state index contributed by atoms with van der Waals surface area (Å²) in [6.45, 7) is 4.94. The fourth-order valence-corrected chi connectivity index (χ4v) is 3.94. The van der Waals surface area contributed by atoms with Gasteiger partial charge in [0.05, 0.1) is 12.6 Å². The highest BCUT2D eigenvalue weighted by Crippen LogP contribution is 2.18. The number of hydrogen-bond acceptors (Lipinski definition) is 4. The standard InChI is InChI=1S/C19H22ClN3O2S/c1-14(17-6-3-11-26-17)21-18(24)13-22-7-9-23(10-8-22)19(25)15-4-2-5-16(20)12-15/h2-6,11-12,14H,7-10,13H2,1H3,(H,21,24). The van der Waals surface area contributed by atoms with Crippen LogP contribution in [0.5, 0.6) is 0 Å². The van der Waals surface area contributed by atoms with Crippen LogP contribution in [-0.4, -0.2) is 54.3 Å². The molecule has 138 valence electrons. The van der Waals surface area contributed by atoms with E-state index in [0.29, 0.717) is 43.3 Å². The van der Waals surface area contributed by atoms with Crippen LogP contribution < -0.4 is 5.32 Å². The van der Waals surface area contributed by atoms with Crippen LogP contribution in [0.1, 0.15) is 28.2 Å². The van der Waals surface area contributed by atoms with E-state index in [1.807, 2.05) is 29.3 Å². The molecule has 2 amide bonds. The molecule has 0 radical (unpaired) electrons. The molecule has 7 heteroatoms. The highest BCUT2D eigenvalue weighted by atomic mass is 35.5. The summed E-state index contributed by atoms with van der Waals surface area (Å²) in [6.07, 6.45) is 0. The molecule has 1 saturated heterocycles. The summed E-state index contributed by atoms with van der Waals surface area (Å²) in [5, 5.41) is 5.60. The highest BCUT2D eigenvalue weighted by molar-refractivity contribution is 7.10.